The number of hydrogen-bond acceptors (Lipinski definition) is 6. The van der Waals surface area contributed by atoms with Crippen molar-refractivity contribution in [3.05, 3.63) is 29.3 Å². The van der Waals surface area contributed by atoms with Crippen molar-refractivity contribution >= 4 is 11.9 Å². The van der Waals surface area contributed by atoms with Gasteiger partial charge in [-0.15, -0.1) is 0 Å². The predicted octanol–water partition coefficient (Wildman–Crippen LogP) is 1.82. The van der Waals surface area contributed by atoms with E-state index in [0.29, 0.717) is 31.1 Å². The molecule has 144 valence electrons. The topological polar surface area (TPSA) is 85.9 Å². The molecule has 0 aromatic heterocycles. The molecule has 1 amide bonds. The summed E-state index contributed by atoms with van der Waals surface area (Å²) in [5.41, 5.74) is 1.41. The number of methoxy groups -OCH3 is 1. The van der Waals surface area contributed by atoms with Gasteiger partial charge in [-0.1, -0.05) is 6.07 Å². The molecule has 1 saturated heterocycles. The Hall–Kier alpha value is -2.12. The van der Waals surface area contributed by atoms with Gasteiger partial charge in [-0.3, -0.25) is 4.79 Å². The molecule has 1 aliphatic rings. The van der Waals surface area contributed by atoms with Gasteiger partial charge < -0.3 is 24.8 Å². The molecule has 0 saturated carbocycles. The molecule has 2 N–H and O–H groups in total. The summed E-state index contributed by atoms with van der Waals surface area (Å²) in [5, 5.41) is 6.19. The van der Waals surface area contributed by atoms with Gasteiger partial charge in [0.25, 0.3) is 0 Å². The molecule has 7 heteroatoms. The third kappa shape index (κ3) is 5.71. The SMILES string of the molecule is CCO[C@H]1CCN[C@H](c2ccc(C(=O)OC)cc2OCCNC(C)=O)C1. The number of esters is 1. The Balaban J connectivity index is 2.16. The van der Waals surface area contributed by atoms with Gasteiger partial charge in [-0.05, 0) is 38.4 Å². The smallest absolute Gasteiger partial charge is 0.337 e. The van der Waals surface area contributed by atoms with Crippen LogP contribution in [0, 0.1) is 0 Å². The summed E-state index contributed by atoms with van der Waals surface area (Å²) in [6.07, 6.45) is 2.02. The first-order chi connectivity index (χ1) is 12.5. The molecule has 1 aromatic rings. The molecule has 1 aliphatic heterocycles. The molecular formula is C19H28N2O5. The van der Waals surface area contributed by atoms with Gasteiger partial charge in [0.1, 0.15) is 12.4 Å². The van der Waals surface area contributed by atoms with Gasteiger partial charge >= 0.3 is 5.97 Å². The normalized spacial score (nSPS) is 19.7. The summed E-state index contributed by atoms with van der Waals surface area (Å²) in [7, 11) is 1.35. The minimum atomic E-state index is -0.410. The predicted molar refractivity (Wildman–Crippen MR) is 97.4 cm³/mol. The Labute approximate surface area is 154 Å². The maximum atomic E-state index is 11.8. The Morgan fingerprint density at radius 3 is 2.85 bits per heavy atom. The highest BCUT2D eigenvalue weighted by molar-refractivity contribution is 5.90. The van der Waals surface area contributed by atoms with Crippen LogP contribution in [0.5, 0.6) is 5.75 Å². The molecule has 0 unspecified atom stereocenters. The fourth-order valence-corrected chi connectivity index (χ4v) is 3.09. The highest BCUT2D eigenvalue weighted by atomic mass is 16.5. The van der Waals surface area contributed by atoms with Crippen molar-refractivity contribution in [3.63, 3.8) is 0 Å². The van der Waals surface area contributed by atoms with E-state index in [2.05, 4.69) is 10.6 Å². The zero-order valence-corrected chi connectivity index (χ0v) is 15.7. The van der Waals surface area contributed by atoms with E-state index in [-0.39, 0.29) is 18.1 Å². The number of amides is 1. The Kier molecular flexibility index (Phi) is 7.87. The number of rotatable bonds is 8. The quantitative estimate of drug-likeness (QED) is 0.541. The largest absolute Gasteiger partial charge is 0.491 e. The van der Waals surface area contributed by atoms with Gasteiger partial charge in [-0.25, -0.2) is 4.79 Å². The van der Waals surface area contributed by atoms with Crippen LogP contribution in [0.3, 0.4) is 0 Å². The fraction of sp³-hybridized carbons (Fsp3) is 0.579. The maximum absolute atomic E-state index is 11.8. The second kappa shape index (κ2) is 10.1. The summed E-state index contributed by atoms with van der Waals surface area (Å²) in [6.45, 7) is 5.73. The van der Waals surface area contributed by atoms with Crippen molar-refractivity contribution < 1.29 is 23.8 Å². The lowest BCUT2D eigenvalue weighted by Crippen LogP contribution is -2.36. The molecule has 0 aliphatic carbocycles. The van der Waals surface area contributed by atoms with Crippen molar-refractivity contribution in [1.82, 2.24) is 10.6 Å². The van der Waals surface area contributed by atoms with Crippen molar-refractivity contribution in [2.24, 2.45) is 0 Å². The van der Waals surface area contributed by atoms with Gasteiger partial charge in [0, 0.05) is 25.1 Å². The molecule has 0 bridgehead atoms. The molecule has 2 atom stereocenters. The number of nitrogens with one attached hydrogen (secondary N) is 2. The van der Waals surface area contributed by atoms with Crippen LogP contribution >= 0.6 is 0 Å². The fourth-order valence-electron chi connectivity index (χ4n) is 3.09. The molecule has 1 fully saturated rings. The molecule has 26 heavy (non-hydrogen) atoms. The second-order valence-corrected chi connectivity index (χ2v) is 6.18. The van der Waals surface area contributed by atoms with Crippen LogP contribution in [-0.2, 0) is 14.3 Å². The third-order valence-corrected chi connectivity index (χ3v) is 4.30. The molecule has 1 aromatic carbocycles. The number of benzene rings is 1. The van der Waals surface area contributed by atoms with E-state index in [4.69, 9.17) is 14.2 Å². The zero-order chi connectivity index (χ0) is 18.9. The highest BCUT2D eigenvalue weighted by Crippen LogP contribution is 2.32. The summed E-state index contributed by atoms with van der Waals surface area (Å²) in [4.78, 5) is 22.8. The Bertz CT molecular complexity index is 618. The van der Waals surface area contributed by atoms with Gasteiger partial charge in [0.15, 0.2) is 0 Å². The maximum Gasteiger partial charge on any atom is 0.337 e. The van der Waals surface area contributed by atoms with Gasteiger partial charge in [-0.2, -0.15) is 0 Å². The number of piperidine rings is 1. The van der Waals surface area contributed by atoms with Crippen LogP contribution in [0.25, 0.3) is 0 Å². The van der Waals surface area contributed by atoms with E-state index in [1.165, 1.54) is 14.0 Å². The highest BCUT2D eigenvalue weighted by Gasteiger charge is 2.26. The first-order valence-electron chi connectivity index (χ1n) is 8.99. The van der Waals surface area contributed by atoms with E-state index >= 15 is 0 Å². The van der Waals surface area contributed by atoms with Gasteiger partial charge in [0.2, 0.25) is 5.91 Å². The van der Waals surface area contributed by atoms with E-state index in [1.807, 2.05) is 13.0 Å². The average Bonchev–Trinajstić information content (AvgIpc) is 2.65. The molecule has 7 nitrogen and oxygen atoms in total. The lowest BCUT2D eigenvalue weighted by molar-refractivity contribution is -0.119. The summed E-state index contributed by atoms with van der Waals surface area (Å²) in [6, 6.07) is 5.42. The van der Waals surface area contributed by atoms with E-state index in [0.717, 1.165) is 24.9 Å². The number of carbonyl (C=O) groups is 2. The van der Waals surface area contributed by atoms with Crippen LogP contribution in [0.4, 0.5) is 0 Å². The Morgan fingerprint density at radius 2 is 2.15 bits per heavy atom. The summed E-state index contributed by atoms with van der Waals surface area (Å²) < 4.78 is 16.4. The van der Waals surface area contributed by atoms with E-state index in [9.17, 15) is 9.59 Å². The zero-order valence-electron chi connectivity index (χ0n) is 15.7. The molecule has 2 rings (SSSR count). The minimum absolute atomic E-state index is 0.0859. The van der Waals surface area contributed by atoms with E-state index in [1.54, 1.807) is 12.1 Å². The Morgan fingerprint density at radius 1 is 1.35 bits per heavy atom. The first kappa shape index (κ1) is 20.2. The first-order valence-corrected chi connectivity index (χ1v) is 8.99. The minimum Gasteiger partial charge on any atom is -0.491 e. The van der Waals surface area contributed by atoms with Crippen LogP contribution in [0.2, 0.25) is 0 Å². The van der Waals surface area contributed by atoms with Gasteiger partial charge in [0.05, 0.1) is 25.3 Å². The van der Waals surface area contributed by atoms with Crippen molar-refractivity contribution in [2.75, 3.05) is 33.4 Å². The van der Waals surface area contributed by atoms with Crippen LogP contribution in [-0.4, -0.2) is 51.4 Å². The second-order valence-electron chi connectivity index (χ2n) is 6.18. The standard InChI is InChI=1S/C19H28N2O5/c1-4-25-15-7-8-21-17(12-15)16-6-5-14(19(23)24-3)11-18(16)26-10-9-20-13(2)22/h5-6,11,15,17,21H,4,7-10,12H2,1-3H3,(H,20,22)/t15-,17-/m0/s1. The van der Waals surface area contributed by atoms with Crippen molar-refractivity contribution in [2.45, 2.75) is 38.8 Å². The van der Waals surface area contributed by atoms with E-state index < -0.39 is 5.97 Å². The lowest BCUT2D eigenvalue weighted by atomic mass is 9.94. The van der Waals surface area contributed by atoms with Crippen LogP contribution in [0.15, 0.2) is 18.2 Å². The molecular weight excluding hydrogens is 336 g/mol. The number of ether oxygens (including phenoxy) is 3. The summed E-state index contributed by atoms with van der Waals surface area (Å²) >= 11 is 0. The van der Waals surface area contributed by atoms with Crippen molar-refractivity contribution in [3.8, 4) is 5.75 Å². The van der Waals surface area contributed by atoms with Crippen LogP contribution < -0.4 is 15.4 Å². The third-order valence-electron chi connectivity index (χ3n) is 4.30. The summed E-state index contributed by atoms with van der Waals surface area (Å²) in [5.74, 6) is 0.102. The lowest BCUT2D eigenvalue weighted by Gasteiger charge is -2.31. The number of carbonyl (C=O) groups excluding carboxylic acids is 2. The average molecular weight is 364 g/mol. The monoisotopic (exact) mass is 364 g/mol. The van der Waals surface area contributed by atoms with Crippen LogP contribution in [0.1, 0.15) is 48.7 Å². The number of hydrogen-bond donors (Lipinski definition) is 2. The molecule has 0 spiro atoms. The van der Waals surface area contributed by atoms with Crippen molar-refractivity contribution in [1.29, 1.82) is 0 Å². The molecule has 0 radical (unpaired) electrons. The molecule has 1 heterocycles.